The Morgan fingerprint density at radius 2 is 1.67 bits per heavy atom. The van der Waals surface area contributed by atoms with Crippen LogP contribution >= 0.6 is 0 Å². The molecule has 4 nitrogen and oxygen atoms in total. The van der Waals surface area contributed by atoms with Gasteiger partial charge in [0.15, 0.2) is 0 Å². The summed E-state index contributed by atoms with van der Waals surface area (Å²) in [5.41, 5.74) is 3.29. The van der Waals surface area contributed by atoms with Gasteiger partial charge in [0.25, 0.3) is 0 Å². The average Bonchev–Trinajstić information content (AvgIpc) is 3.50. The van der Waals surface area contributed by atoms with Gasteiger partial charge in [0.1, 0.15) is 11.3 Å². The summed E-state index contributed by atoms with van der Waals surface area (Å²) in [6.07, 6.45) is 16.4. The van der Waals surface area contributed by atoms with E-state index >= 15 is 0 Å². The molecule has 236 valence electrons. The van der Waals surface area contributed by atoms with Gasteiger partial charge in [-0.25, -0.2) is 4.79 Å². The molecule has 5 aliphatic carbocycles. The molecule has 2 spiro atoms. The van der Waals surface area contributed by atoms with Gasteiger partial charge in [0.05, 0.1) is 0 Å². The minimum absolute atomic E-state index is 0.00200. The minimum atomic E-state index is -1.01. The molecule has 0 heterocycles. The third kappa shape index (κ3) is 4.27. The quantitative estimate of drug-likeness (QED) is 0.242. The van der Waals surface area contributed by atoms with Crippen molar-refractivity contribution in [3.63, 3.8) is 0 Å². The normalized spacial score (nSPS) is 39.6. The summed E-state index contributed by atoms with van der Waals surface area (Å²) >= 11 is 0. The lowest BCUT2D eigenvalue weighted by Crippen LogP contribution is -2.56. The maximum Gasteiger partial charge on any atom is 0.340 e. The number of ether oxygens (including phenoxy) is 1. The molecule has 43 heavy (non-hydrogen) atoms. The van der Waals surface area contributed by atoms with E-state index in [4.69, 9.17) is 4.74 Å². The number of rotatable bonds is 8. The lowest BCUT2D eigenvalue weighted by Gasteiger charge is -2.63. The highest BCUT2D eigenvalue weighted by atomic mass is 16.5. The largest absolute Gasteiger partial charge is 0.478 e. The van der Waals surface area contributed by atoms with Gasteiger partial charge in [-0.1, -0.05) is 85.9 Å². The summed E-state index contributed by atoms with van der Waals surface area (Å²) in [5, 5.41) is 10.5. The zero-order valence-corrected chi connectivity index (χ0v) is 28.1. The highest BCUT2D eigenvalue weighted by Gasteiger charge is 2.82. The number of hydrogen-bond donors (Lipinski definition) is 1. The van der Waals surface area contributed by atoms with Crippen LogP contribution in [-0.2, 0) is 4.79 Å². The van der Waals surface area contributed by atoms with Gasteiger partial charge < -0.3 is 9.84 Å². The van der Waals surface area contributed by atoms with Gasteiger partial charge in [0.2, 0.25) is 0 Å². The van der Waals surface area contributed by atoms with Crippen LogP contribution in [0, 0.1) is 56.7 Å². The van der Waals surface area contributed by atoms with Crippen molar-refractivity contribution < 1.29 is 19.4 Å². The van der Waals surface area contributed by atoms with E-state index in [1.165, 1.54) is 76.7 Å². The third-order valence-corrected chi connectivity index (χ3v) is 14.5. The highest BCUT2D eigenvalue weighted by Crippen LogP contribution is 2.90. The topological polar surface area (TPSA) is 63.6 Å². The van der Waals surface area contributed by atoms with E-state index in [0.29, 0.717) is 22.7 Å². The number of carboxylic acids is 1. The Labute approximate surface area is 260 Å². The van der Waals surface area contributed by atoms with Crippen LogP contribution in [-0.4, -0.2) is 17.0 Å². The molecule has 1 aromatic rings. The van der Waals surface area contributed by atoms with E-state index < -0.39 is 11.9 Å². The van der Waals surface area contributed by atoms with Crippen molar-refractivity contribution in [3.8, 4) is 5.75 Å². The van der Waals surface area contributed by atoms with Gasteiger partial charge in [0, 0.05) is 12.3 Å². The van der Waals surface area contributed by atoms with E-state index in [0.717, 1.165) is 29.7 Å². The molecule has 4 saturated carbocycles. The number of carboxylic acid groups (broad SMARTS) is 1. The molecule has 0 unspecified atom stereocenters. The molecular weight excluding hydrogens is 532 g/mol. The Kier molecular flexibility index (Phi) is 7.34. The second kappa shape index (κ2) is 10.2. The van der Waals surface area contributed by atoms with Crippen molar-refractivity contribution >= 4 is 17.5 Å². The Morgan fingerprint density at radius 3 is 2.35 bits per heavy atom. The Hall–Kier alpha value is -2.10. The molecule has 6 rings (SSSR count). The number of fused-ring (bicyclic) bond motifs is 2. The summed E-state index contributed by atoms with van der Waals surface area (Å²) in [5.74, 6) is 2.24. The fourth-order valence-corrected chi connectivity index (χ4v) is 12.5. The van der Waals surface area contributed by atoms with E-state index in [2.05, 4.69) is 54.5 Å². The molecule has 5 aliphatic rings. The molecule has 0 aromatic heterocycles. The molecule has 0 aliphatic heterocycles. The van der Waals surface area contributed by atoms with Crippen LogP contribution in [0.15, 0.2) is 24.3 Å². The molecule has 8 atom stereocenters. The van der Waals surface area contributed by atoms with Crippen molar-refractivity contribution in [1.82, 2.24) is 0 Å². The van der Waals surface area contributed by atoms with Crippen molar-refractivity contribution in [2.75, 3.05) is 0 Å². The van der Waals surface area contributed by atoms with Crippen LogP contribution < -0.4 is 4.74 Å². The number of carbonyl (C=O) groups excluding carboxylic acids is 1. The standard InChI is InChI=1S/C39H56O4/c1-24(2)11-9-12-25(3)28-18-20-37(8)32-16-15-31-35(5,6)19-17-29(39(31)23-38(32,39)22-21-36(28,37)7)27-13-10-14-30(43-26(4)40)33(27)34(41)42/h10,13-14,17,24-25,28,31-32H,9,11-12,15-16,18-23H2,1-8H3,(H,41,42)/t25-,28-,31+,32+,36-,37+,38+,39+/m1/s1. The van der Waals surface area contributed by atoms with Crippen molar-refractivity contribution in [1.29, 1.82) is 0 Å². The molecule has 1 aromatic carbocycles. The minimum Gasteiger partial charge on any atom is -0.478 e. The first-order valence-corrected chi connectivity index (χ1v) is 17.4. The molecule has 1 N–H and O–H groups in total. The summed E-state index contributed by atoms with van der Waals surface area (Å²) in [6, 6.07) is 5.50. The van der Waals surface area contributed by atoms with Crippen LogP contribution in [0.4, 0.5) is 0 Å². The van der Waals surface area contributed by atoms with Crippen LogP contribution in [0.5, 0.6) is 5.75 Å². The predicted molar refractivity (Wildman–Crippen MR) is 173 cm³/mol. The van der Waals surface area contributed by atoms with E-state index in [1.54, 1.807) is 6.07 Å². The first kappa shape index (κ1) is 30.9. The maximum absolute atomic E-state index is 12.8. The van der Waals surface area contributed by atoms with E-state index in [9.17, 15) is 14.7 Å². The molecular formula is C39H56O4. The number of esters is 1. The second-order valence-electron chi connectivity index (χ2n) is 17.2. The summed E-state index contributed by atoms with van der Waals surface area (Å²) in [4.78, 5) is 24.7. The fraction of sp³-hybridized carbons (Fsp3) is 0.744. The number of allylic oxidation sites excluding steroid dienone is 2. The number of benzene rings is 1. The van der Waals surface area contributed by atoms with Gasteiger partial charge in [-0.05, 0) is 120 Å². The monoisotopic (exact) mass is 588 g/mol. The van der Waals surface area contributed by atoms with E-state index in [-0.39, 0.29) is 27.6 Å². The van der Waals surface area contributed by atoms with Gasteiger partial charge >= 0.3 is 11.9 Å². The SMILES string of the molecule is CC(=O)Oc1cccc(C2=CCC(C)(C)[C@@H]3CC[C@@H]4[C@]5(CC[C@]6(C)[C@@H]([C@H](C)CCCC(C)C)CC[C@@]46C)C[C@]235)c1C(=O)O. The predicted octanol–water partition coefficient (Wildman–Crippen LogP) is 10.2. The Balaban J connectivity index is 1.40. The Bertz CT molecular complexity index is 1340. The zero-order valence-electron chi connectivity index (χ0n) is 28.1. The van der Waals surface area contributed by atoms with Gasteiger partial charge in [-0.3, -0.25) is 4.79 Å². The van der Waals surface area contributed by atoms with Crippen LogP contribution in [0.25, 0.3) is 5.57 Å². The molecule has 4 fully saturated rings. The van der Waals surface area contributed by atoms with Crippen LogP contribution in [0.3, 0.4) is 0 Å². The average molecular weight is 589 g/mol. The van der Waals surface area contributed by atoms with Gasteiger partial charge in [-0.2, -0.15) is 0 Å². The third-order valence-electron chi connectivity index (χ3n) is 14.5. The second-order valence-corrected chi connectivity index (χ2v) is 17.2. The summed E-state index contributed by atoms with van der Waals surface area (Å²) in [6.45, 7) is 18.8. The van der Waals surface area contributed by atoms with Crippen molar-refractivity contribution in [2.24, 2.45) is 56.7 Å². The zero-order chi connectivity index (χ0) is 31.2. The Morgan fingerprint density at radius 1 is 0.953 bits per heavy atom. The number of carbonyl (C=O) groups is 2. The fourth-order valence-electron chi connectivity index (χ4n) is 12.5. The van der Waals surface area contributed by atoms with Crippen molar-refractivity contribution in [2.45, 2.75) is 126 Å². The maximum atomic E-state index is 12.8. The lowest BCUT2D eigenvalue weighted by atomic mass is 9.41. The molecule has 0 bridgehead atoms. The van der Waals surface area contributed by atoms with E-state index in [1.807, 2.05) is 12.1 Å². The highest BCUT2D eigenvalue weighted by molar-refractivity contribution is 5.99. The number of aromatic carboxylic acids is 1. The summed E-state index contributed by atoms with van der Waals surface area (Å²) in [7, 11) is 0. The number of hydrogen-bond acceptors (Lipinski definition) is 3. The molecule has 0 amide bonds. The first-order valence-electron chi connectivity index (χ1n) is 17.4. The van der Waals surface area contributed by atoms with Crippen molar-refractivity contribution in [3.05, 3.63) is 35.4 Å². The lowest BCUT2D eigenvalue weighted by molar-refractivity contribution is -0.131. The van der Waals surface area contributed by atoms with Crippen LogP contribution in [0.2, 0.25) is 0 Å². The molecule has 0 radical (unpaired) electrons. The van der Waals surface area contributed by atoms with Gasteiger partial charge in [-0.15, -0.1) is 0 Å². The van der Waals surface area contributed by atoms with Crippen LogP contribution in [0.1, 0.15) is 142 Å². The molecule has 4 heteroatoms. The molecule has 0 saturated heterocycles. The smallest absolute Gasteiger partial charge is 0.340 e. The summed E-state index contributed by atoms with van der Waals surface area (Å²) < 4.78 is 5.48. The first-order chi connectivity index (χ1) is 20.1.